The van der Waals surface area contributed by atoms with E-state index in [0.29, 0.717) is 10.1 Å². The third-order valence-corrected chi connectivity index (χ3v) is 4.25. The Morgan fingerprint density at radius 2 is 2.33 bits per heavy atom. The summed E-state index contributed by atoms with van der Waals surface area (Å²) < 4.78 is 2.02. The topological polar surface area (TPSA) is 72.2 Å². The maximum atomic E-state index is 11.8. The van der Waals surface area contributed by atoms with Gasteiger partial charge in [-0.15, -0.1) is 11.3 Å². The Morgan fingerprint density at radius 1 is 1.61 bits per heavy atom. The number of carbonyl (C=O) groups is 1. The first-order chi connectivity index (χ1) is 8.49. The lowest BCUT2D eigenvalue weighted by Crippen LogP contribution is -2.22. The van der Waals surface area contributed by atoms with Gasteiger partial charge in [-0.3, -0.25) is 9.36 Å². The number of carboxylic acid groups (broad SMARTS) is 1. The van der Waals surface area contributed by atoms with Crippen LogP contribution >= 0.6 is 33.9 Å². The summed E-state index contributed by atoms with van der Waals surface area (Å²) in [5.41, 5.74) is 0.719. The summed E-state index contributed by atoms with van der Waals surface area (Å²) in [5, 5.41) is 8.92. The van der Waals surface area contributed by atoms with E-state index in [1.165, 1.54) is 28.4 Å². The van der Waals surface area contributed by atoms with Crippen LogP contribution in [0.2, 0.25) is 0 Å². The molecule has 7 heteroatoms. The average molecular weight is 376 g/mol. The minimum Gasteiger partial charge on any atom is -0.477 e. The Labute approximate surface area is 120 Å². The van der Waals surface area contributed by atoms with Crippen molar-refractivity contribution in [1.29, 1.82) is 0 Å². The van der Waals surface area contributed by atoms with E-state index in [0.717, 1.165) is 10.4 Å². The molecule has 0 aliphatic carbocycles. The van der Waals surface area contributed by atoms with E-state index in [2.05, 4.69) is 4.98 Å². The monoisotopic (exact) mass is 376 g/mol. The number of rotatable bonds is 3. The highest BCUT2D eigenvalue weighted by Gasteiger charge is 2.12. The Bertz CT molecular complexity index is 663. The molecule has 0 fully saturated rings. The Morgan fingerprint density at radius 3 is 2.94 bits per heavy atom. The molecular formula is C11H9IN2O3S. The maximum absolute atomic E-state index is 11.8. The number of hydrogen-bond acceptors (Lipinski definition) is 4. The van der Waals surface area contributed by atoms with E-state index in [1.807, 2.05) is 29.5 Å². The molecular weight excluding hydrogens is 367 g/mol. The van der Waals surface area contributed by atoms with Gasteiger partial charge in [0.1, 0.15) is 4.88 Å². The van der Waals surface area contributed by atoms with Gasteiger partial charge in [0.2, 0.25) is 0 Å². The SMILES string of the molecule is Cc1sc(C(=O)O)cc1Cn1cncc(I)c1=O. The molecule has 0 unspecified atom stereocenters. The van der Waals surface area contributed by atoms with Crippen LogP contribution in [0.15, 0.2) is 23.4 Å². The van der Waals surface area contributed by atoms with Crippen molar-refractivity contribution >= 4 is 39.9 Å². The number of nitrogens with zero attached hydrogens (tertiary/aromatic N) is 2. The van der Waals surface area contributed by atoms with Gasteiger partial charge in [-0.1, -0.05) is 0 Å². The van der Waals surface area contributed by atoms with Gasteiger partial charge in [0, 0.05) is 11.1 Å². The summed E-state index contributed by atoms with van der Waals surface area (Å²) in [4.78, 5) is 27.8. The van der Waals surface area contributed by atoms with E-state index >= 15 is 0 Å². The highest BCUT2D eigenvalue weighted by Crippen LogP contribution is 2.22. The fourth-order valence-electron chi connectivity index (χ4n) is 1.50. The average Bonchev–Trinajstić information content (AvgIpc) is 2.67. The molecule has 0 bridgehead atoms. The molecule has 0 radical (unpaired) electrons. The fourth-order valence-corrected chi connectivity index (χ4v) is 2.85. The summed E-state index contributed by atoms with van der Waals surface area (Å²) in [6.45, 7) is 2.19. The third kappa shape index (κ3) is 2.61. The second kappa shape index (κ2) is 5.19. The first kappa shape index (κ1) is 13.2. The smallest absolute Gasteiger partial charge is 0.345 e. The predicted octanol–water partition coefficient (Wildman–Crippen LogP) is 1.96. The third-order valence-electron chi connectivity index (χ3n) is 2.43. The number of hydrogen-bond donors (Lipinski definition) is 1. The fraction of sp³-hybridized carbons (Fsp3) is 0.182. The van der Waals surface area contributed by atoms with Crippen molar-refractivity contribution in [1.82, 2.24) is 9.55 Å². The van der Waals surface area contributed by atoms with Crippen LogP contribution in [0, 0.1) is 10.5 Å². The summed E-state index contributed by atoms with van der Waals surface area (Å²) in [6, 6.07) is 1.61. The minimum absolute atomic E-state index is 0.118. The van der Waals surface area contributed by atoms with E-state index in [-0.39, 0.29) is 10.4 Å². The van der Waals surface area contributed by atoms with Gasteiger partial charge in [0.05, 0.1) is 16.4 Å². The molecule has 0 saturated carbocycles. The summed E-state index contributed by atoms with van der Waals surface area (Å²) >= 11 is 3.14. The lowest BCUT2D eigenvalue weighted by molar-refractivity contribution is 0.0702. The van der Waals surface area contributed by atoms with Crippen LogP contribution in [-0.4, -0.2) is 20.6 Å². The van der Waals surface area contributed by atoms with Gasteiger partial charge in [-0.2, -0.15) is 0 Å². The van der Waals surface area contributed by atoms with Crippen LogP contribution in [0.4, 0.5) is 0 Å². The predicted molar refractivity (Wildman–Crippen MR) is 76.3 cm³/mol. The van der Waals surface area contributed by atoms with Crippen LogP contribution in [0.5, 0.6) is 0 Å². The number of aromatic carboxylic acids is 1. The van der Waals surface area contributed by atoms with Crippen molar-refractivity contribution in [3.63, 3.8) is 0 Å². The first-order valence-corrected chi connectivity index (χ1v) is 6.91. The lowest BCUT2D eigenvalue weighted by atomic mass is 10.2. The standard InChI is InChI=1S/C11H9IN2O3S/c1-6-7(2-9(18-6)11(16)17)4-14-5-13-3-8(12)10(14)15/h2-3,5H,4H2,1H3,(H,16,17). The molecule has 94 valence electrons. The van der Waals surface area contributed by atoms with E-state index in [4.69, 9.17) is 5.11 Å². The molecule has 0 saturated heterocycles. The van der Waals surface area contributed by atoms with Crippen molar-refractivity contribution in [2.45, 2.75) is 13.5 Å². The zero-order valence-corrected chi connectivity index (χ0v) is 12.4. The normalized spacial score (nSPS) is 10.6. The van der Waals surface area contributed by atoms with Gasteiger partial charge in [0.15, 0.2) is 0 Å². The Balaban J connectivity index is 2.37. The zero-order chi connectivity index (χ0) is 13.3. The molecule has 5 nitrogen and oxygen atoms in total. The highest BCUT2D eigenvalue weighted by molar-refractivity contribution is 14.1. The van der Waals surface area contributed by atoms with Gasteiger partial charge < -0.3 is 5.11 Å². The van der Waals surface area contributed by atoms with Gasteiger partial charge >= 0.3 is 5.97 Å². The first-order valence-electron chi connectivity index (χ1n) is 5.01. The summed E-state index contributed by atoms with van der Waals surface area (Å²) in [5.74, 6) is -0.942. The lowest BCUT2D eigenvalue weighted by Gasteiger charge is -2.04. The molecule has 2 heterocycles. The molecule has 2 aromatic heterocycles. The molecule has 0 spiro atoms. The summed E-state index contributed by atoms with van der Waals surface area (Å²) in [6.07, 6.45) is 2.96. The molecule has 0 aromatic carbocycles. The molecule has 0 amide bonds. The van der Waals surface area contributed by atoms with Crippen LogP contribution in [0.25, 0.3) is 0 Å². The van der Waals surface area contributed by atoms with Crippen molar-refractivity contribution in [3.8, 4) is 0 Å². The van der Waals surface area contributed by atoms with E-state index in [9.17, 15) is 9.59 Å². The van der Waals surface area contributed by atoms with E-state index < -0.39 is 5.97 Å². The number of aryl methyl sites for hydroxylation is 1. The molecule has 0 aliphatic rings. The Kier molecular flexibility index (Phi) is 3.81. The number of thiophene rings is 1. The van der Waals surface area contributed by atoms with Gasteiger partial charge in [-0.05, 0) is 41.1 Å². The quantitative estimate of drug-likeness (QED) is 0.832. The molecule has 0 atom stereocenters. The Hall–Kier alpha value is -1.22. The maximum Gasteiger partial charge on any atom is 0.345 e. The van der Waals surface area contributed by atoms with Crippen LogP contribution in [-0.2, 0) is 6.54 Å². The molecule has 0 aliphatic heterocycles. The number of aromatic nitrogens is 2. The van der Waals surface area contributed by atoms with Gasteiger partial charge in [0.25, 0.3) is 5.56 Å². The van der Waals surface area contributed by atoms with Crippen molar-refractivity contribution in [2.24, 2.45) is 0 Å². The van der Waals surface area contributed by atoms with E-state index in [1.54, 1.807) is 6.07 Å². The van der Waals surface area contributed by atoms with Crippen LogP contribution < -0.4 is 5.56 Å². The highest BCUT2D eigenvalue weighted by atomic mass is 127. The largest absolute Gasteiger partial charge is 0.477 e. The van der Waals surface area contributed by atoms with Crippen LogP contribution in [0.1, 0.15) is 20.1 Å². The zero-order valence-electron chi connectivity index (χ0n) is 9.38. The number of halogens is 1. The second-order valence-electron chi connectivity index (χ2n) is 3.67. The van der Waals surface area contributed by atoms with Crippen molar-refractivity contribution < 1.29 is 9.90 Å². The van der Waals surface area contributed by atoms with Crippen molar-refractivity contribution in [3.05, 3.63) is 47.8 Å². The van der Waals surface area contributed by atoms with Crippen molar-refractivity contribution in [2.75, 3.05) is 0 Å². The molecule has 1 N–H and O–H groups in total. The summed E-state index contributed by atoms with van der Waals surface area (Å²) in [7, 11) is 0. The molecule has 2 rings (SSSR count). The van der Waals surface area contributed by atoms with Gasteiger partial charge in [-0.25, -0.2) is 9.78 Å². The van der Waals surface area contributed by atoms with Crippen LogP contribution in [0.3, 0.4) is 0 Å². The minimum atomic E-state index is -0.942. The number of carboxylic acids is 1. The second-order valence-corrected chi connectivity index (χ2v) is 6.09. The molecule has 2 aromatic rings. The molecule has 18 heavy (non-hydrogen) atoms.